The topological polar surface area (TPSA) is 55.1 Å². The molecule has 0 radical (unpaired) electrons. The smallest absolute Gasteiger partial charge is 0.435 e. The van der Waals surface area contributed by atoms with E-state index in [1.807, 2.05) is 0 Å². The van der Waals surface area contributed by atoms with E-state index in [-0.39, 0.29) is 5.56 Å². The number of halogens is 3. The van der Waals surface area contributed by atoms with Crippen molar-refractivity contribution in [3.05, 3.63) is 47.3 Å². The number of carbonyl (C=O) groups is 1. The molecule has 0 amide bonds. The summed E-state index contributed by atoms with van der Waals surface area (Å²) in [4.78, 5) is 10.9. The molecule has 0 saturated carbocycles. The van der Waals surface area contributed by atoms with Crippen molar-refractivity contribution in [1.29, 1.82) is 0 Å². The van der Waals surface area contributed by atoms with Crippen LogP contribution in [-0.2, 0) is 6.18 Å². The first-order valence-corrected chi connectivity index (χ1v) is 5.26. The molecule has 19 heavy (non-hydrogen) atoms. The molecule has 0 aliphatic rings. The quantitative estimate of drug-likeness (QED) is 0.912. The van der Waals surface area contributed by atoms with E-state index in [0.717, 1.165) is 16.9 Å². The van der Waals surface area contributed by atoms with Gasteiger partial charge in [-0.1, -0.05) is 6.07 Å². The first-order valence-electron chi connectivity index (χ1n) is 5.26. The summed E-state index contributed by atoms with van der Waals surface area (Å²) in [6.07, 6.45) is -3.37. The number of hydrogen-bond donors (Lipinski definition) is 1. The Labute approximate surface area is 106 Å². The van der Waals surface area contributed by atoms with E-state index < -0.39 is 17.8 Å². The summed E-state index contributed by atoms with van der Waals surface area (Å²) in [6.45, 7) is 1.66. The second kappa shape index (κ2) is 4.42. The van der Waals surface area contributed by atoms with Crippen LogP contribution < -0.4 is 0 Å². The maximum Gasteiger partial charge on any atom is 0.435 e. The summed E-state index contributed by atoms with van der Waals surface area (Å²) in [6, 6.07) is 5.03. The van der Waals surface area contributed by atoms with Crippen LogP contribution in [0.5, 0.6) is 0 Å². The summed E-state index contributed by atoms with van der Waals surface area (Å²) in [5.41, 5.74) is -0.102. The third kappa shape index (κ3) is 2.59. The van der Waals surface area contributed by atoms with E-state index >= 15 is 0 Å². The van der Waals surface area contributed by atoms with Crippen LogP contribution in [0.15, 0.2) is 30.5 Å². The van der Waals surface area contributed by atoms with Crippen molar-refractivity contribution >= 4 is 5.97 Å². The number of carboxylic acids is 1. The molecule has 100 valence electrons. The molecule has 2 rings (SSSR count). The predicted octanol–water partition coefficient (Wildman–Crippen LogP) is 2.90. The monoisotopic (exact) mass is 270 g/mol. The van der Waals surface area contributed by atoms with Crippen molar-refractivity contribution in [2.45, 2.75) is 13.1 Å². The van der Waals surface area contributed by atoms with Crippen LogP contribution in [0, 0.1) is 6.92 Å². The van der Waals surface area contributed by atoms with E-state index in [1.54, 1.807) is 6.92 Å². The Morgan fingerprint density at radius 2 is 2.00 bits per heavy atom. The van der Waals surface area contributed by atoms with Gasteiger partial charge >= 0.3 is 12.1 Å². The molecular formula is C12H9F3N2O2. The van der Waals surface area contributed by atoms with Crippen LogP contribution in [0.4, 0.5) is 13.2 Å². The van der Waals surface area contributed by atoms with Crippen molar-refractivity contribution in [2.24, 2.45) is 0 Å². The standard InChI is InChI=1S/C12H9F3N2O2/c1-7-2-3-8(11(18)19)6-9(7)17-5-4-10(16-17)12(13,14)15/h2-6H,1H3,(H,18,19). The van der Waals surface area contributed by atoms with E-state index in [0.29, 0.717) is 11.3 Å². The molecule has 1 aromatic heterocycles. The van der Waals surface area contributed by atoms with Gasteiger partial charge in [-0.15, -0.1) is 0 Å². The van der Waals surface area contributed by atoms with Gasteiger partial charge in [-0.05, 0) is 30.7 Å². The number of carboxylic acid groups (broad SMARTS) is 1. The zero-order chi connectivity index (χ0) is 14.2. The van der Waals surface area contributed by atoms with Gasteiger partial charge in [-0.25, -0.2) is 9.48 Å². The molecule has 1 N–H and O–H groups in total. The van der Waals surface area contributed by atoms with Crippen LogP contribution in [0.2, 0.25) is 0 Å². The van der Waals surface area contributed by atoms with Gasteiger partial charge in [-0.3, -0.25) is 0 Å². The molecule has 0 saturated heterocycles. The Morgan fingerprint density at radius 3 is 2.53 bits per heavy atom. The summed E-state index contributed by atoms with van der Waals surface area (Å²) >= 11 is 0. The van der Waals surface area contributed by atoms with Gasteiger partial charge in [0, 0.05) is 6.20 Å². The van der Waals surface area contributed by atoms with Gasteiger partial charge < -0.3 is 5.11 Å². The Kier molecular flexibility index (Phi) is 3.05. The molecule has 0 aliphatic heterocycles. The maximum absolute atomic E-state index is 12.5. The maximum atomic E-state index is 12.5. The van der Waals surface area contributed by atoms with Crippen LogP contribution >= 0.6 is 0 Å². The van der Waals surface area contributed by atoms with Crippen molar-refractivity contribution in [3.8, 4) is 5.69 Å². The first-order chi connectivity index (χ1) is 8.79. The number of aromatic carboxylic acids is 1. The third-order valence-electron chi connectivity index (χ3n) is 2.58. The van der Waals surface area contributed by atoms with Gasteiger partial charge in [0.1, 0.15) is 0 Å². The van der Waals surface area contributed by atoms with Crippen molar-refractivity contribution in [2.75, 3.05) is 0 Å². The molecule has 1 aromatic carbocycles. The fourth-order valence-electron chi connectivity index (χ4n) is 1.60. The summed E-state index contributed by atoms with van der Waals surface area (Å²) in [5, 5.41) is 12.3. The summed E-state index contributed by atoms with van der Waals surface area (Å²) < 4.78 is 38.4. The minimum absolute atomic E-state index is 0.00958. The Hall–Kier alpha value is -2.31. The molecule has 0 aliphatic carbocycles. The number of aromatic nitrogens is 2. The number of hydrogen-bond acceptors (Lipinski definition) is 2. The Morgan fingerprint density at radius 1 is 1.32 bits per heavy atom. The normalized spacial score (nSPS) is 11.6. The number of alkyl halides is 3. The van der Waals surface area contributed by atoms with Gasteiger partial charge in [0.25, 0.3) is 0 Å². The van der Waals surface area contributed by atoms with Gasteiger partial charge in [0.05, 0.1) is 11.3 Å². The molecule has 0 spiro atoms. The number of benzene rings is 1. The van der Waals surface area contributed by atoms with Gasteiger partial charge in [0.2, 0.25) is 0 Å². The zero-order valence-corrected chi connectivity index (χ0v) is 9.77. The molecule has 0 bridgehead atoms. The van der Waals surface area contributed by atoms with Gasteiger partial charge in [0.15, 0.2) is 5.69 Å². The summed E-state index contributed by atoms with van der Waals surface area (Å²) in [7, 11) is 0. The summed E-state index contributed by atoms with van der Waals surface area (Å²) in [5.74, 6) is -1.15. The lowest BCUT2D eigenvalue weighted by Gasteiger charge is -2.07. The van der Waals surface area contributed by atoms with Crippen molar-refractivity contribution in [3.63, 3.8) is 0 Å². The van der Waals surface area contributed by atoms with Crippen molar-refractivity contribution < 1.29 is 23.1 Å². The SMILES string of the molecule is Cc1ccc(C(=O)O)cc1-n1ccc(C(F)(F)F)n1. The molecule has 4 nitrogen and oxygen atoms in total. The molecule has 2 aromatic rings. The van der Waals surface area contributed by atoms with Crippen LogP contribution in [0.1, 0.15) is 21.6 Å². The number of aryl methyl sites for hydroxylation is 1. The molecule has 0 unspecified atom stereocenters. The first kappa shape index (κ1) is 13.1. The largest absolute Gasteiger partial charge is 0.478 e. The second-order valence-corrected chi connectivity index (χ2v) is 3.95. The minimum Gasteiger partial charge on any atom is -0.478 e. The lowest BCUT2D eigenvalue weighted by Crippen LogP contribution is -2.08. The van der Waals surface area contributed by atoms with Crippen LogP contribution in [-0.4, -0.2) is 20.9 Å². The highest BCUT2D eigenvalue weighted by atomic mass is 19.4. The fraction of sp³-hybridized carbons (Fsp3) is 0.167. The second-order valence-electron chi connectivity index (χ2n) is 3.95. The Balaban J connectivity index is 2.49. The van der Waals surface area contributed by atoms with E-state index in [9.17, 15) is 18.0 Å². The molecule has 0 fully saturated rings. The lowest BCUT2D eigenvalue weighted by molar-refractivity contribution is -0.141. The van der Waals surface area contributed by atoms with E-state index in [4.69, 9.17) is 5.11 Å². The third-order valence-corrected chi connectivity index (χ3v) is 2.58. The lowest BCUT2D eigenvalue weighted by atomic mass is 10.1. The van der Waals surface area contributed by atoms with Crippen LogP contribution in [0.3, 0.4) is 0 Å². The molecule has 7 heteroatoms. The average molecular weight is 270 g/mol. The molecule has 0 atom stereocenters. The highest BCUT2D eigenvalue weighted by Gasteiger charge is 2.33. The van der Waals surface area contributed by atoms with Crippen LogP contribution in [0.25, 0.3) is 5.69 Å². The zero-order valence-electron chi connectivity index (χ0n) is 9.77. The molecule has 1 heterocycles. The highest BCUT2D eigenvalue weighted by molar-refractivity contribution is 5.88. The van der Waals surface area contributed by atoms with E-state index in [2.05, 4.69) is 5.10 Å². The Bertz CT molecular complexity index is 632. The number of rotatable bonds is 2. The van der Waals surface area contributed by atoms with E-state index in [1.165, 1.54) is 18.2 Å². The van der Waals surface area contributed by atoms with Crippen molar-refractivity contribution in [1.82, 2.24) is 9.78 Å². The highest BCUT2D eigenvalue weighted by Crippen LogP contribution is 2.28. The fourth-order valence-corrected chi connectivity index (χ4v) is 1.60. The predicted molar refractivity (Wildman–Crippen MR) is 60.3 cm³/mol. The van der Waals surface area contributed by atoms with Gasteiger partial charge in [-0.2, -0.15) is 18.3 Å². The molecular weight excluding hydrogens is 261 g/mol. The average Bonchev–Trinajstić information content (AvgIpc) is 2.78. The minimum atomic E-state index is -4.52. The number of nitrogens with zero attached hydrogens (tertiary/aromatic N) is 2.